The number of carbonyl (C=O) groups is 1. The largest absolute Gasteiger partial charge is 0.481 e. The van der Waals surface area contributed by atoms with Gasteiger partial charge >= 0.3 is 0 Å². The molecule has 0 saturated carbocycles. The summed E-state index contributed by atoms with van der Waals surface area (Å²) in [4.78, 5) is 11.6. The van der Waals surface area contributed by atoms with E-state index in [4.69, 9.17) is 4.74 Å². The summed E-state index contributed by atoms with van der Waals surface area (Å²) < 4.78 is 5.24. The van der Waals surface area contributed by atoms with Crippen LogP contribution in [0.4, 0.5) is 0 Å². The van der Waals surface area contributed by atoms with Gasteiger partial charge in [0.05, 0.1) is 6.04 Å². The van der Waals surface area contributed by atoms with Crippen LogP contribution in [-0.4, -0.2) is 18.1 Å². The molecule has 0 aromatic heterocycles. The van der Waals surface area contributed by atoms with Crippen LogP contribution in [0.25, 0.3) is 0 Å². The molecule has 1 fully saturated rings. The van der Waals surface area contributed by atoms with Crippen molar-refractivity contribution in [1.29, 1.82) is 0 Å². The van der Waals surface area contributed by atoms with Crippen molar-refractivity contribution < 1.29 is 9.53 Å². The second kappa shape index (κ2) is 5.19. The Morgan fingerprint density at radius 2 is 2.20 bits per heavy atom. The van der Waals surface area contributed by atoms with Gasteiger partial charge in [-0.3, -0.25) is 4.79 Å². The second-order valence-corrected chi connectivity index (χ2v) is 4.45. The maximum absolute atomic E-state index is 11.6. The zero-order valence-corrected chi connectivity index (χ0v) is 9.88. The molecule has 2 atom stereocenters. The summed E-state index contributed by atoms with van der Waals surface area (Å²) in [6.07, 6.45) is 2.64. The SMILES string of the molecule is C=C1OC1C(NC(=O)CCCC)C(C)C. The number of unbranched alkanes of at least 4 members (excludes halogenated alkanes) is 1. The first-order chi connectivity index (χ1) is 7.06. The Bertz CT molecular complexity index is 248. The van der Waals surface area contributed by atoms with E-state index in [2.05, 4.69) is 32.7 Å². The molecule has 1 aliphatic rings. The normalized spacial score (nSPS) is 21.1. The highest BCUT2D eigenvalue weighted by Crippen LogP contribution is 2.31. The highest BCUT2D eigenvalue weighted by atomic mass is 16.6. The van der Waals surface area contributed by atoms with E-state index in [1.165, 1.54) is 0 Å². The first-order valence-electron chi connectivity index (χ1n) is 5.71. The Labute approximate surface area is 91.9 Å². The number of rotatable bonds is 6. The van der Waals surface area contributed by atoms with Crippen LogP contribution in [0.3, 0.4) is 0 Å². The minimum absolute atomic E-state index is 0.0376. The summed E-state index contributed by atoms with van der Waals surface area (Å²) in [6, 6.07) is 0.0851. The van der Waals surface area contributed by atoms with Crippen LogP contribution in [0.15, 0.2) is 12.3 Å². The van der Waals surface area contributed by atoms with Gasteiger partial charge in [0.2, 0.25) is 5.91 Å². The van der Waals surface area contributed by atoms with Gasteiger partial charge in [-0.2, -0.15) is 0 Å². The maximum atomic E-state index is 11.6. The summed E-state index contributed by atoms with van der Waals surface area (Å²) >= 11 is 0. The molecule has 3 nitrogen and oxygen atoms in total. The van der Waals surface area contributed by atoms with Gasteiger partial charge in [-0.15, -0.1) is 0 Å². The molecular weight excluding hydrogens is 190 g/mol. The first-order valence-corrected chi connectivity index (χ1v) is 5.71. The van der Waals surface area contributed by atoms with Gasteiger partial charge in [0.25, 0.3) is 0 Å². The van der Waals surface area contributed by atoms with E-state index in [1.54, 1.807) is 0 Å². The van der Waals surface area contributed by atoms with Crippen molar-refractivity contribution in [1.82, 2.24) is 5.32 Å². The second-order valence-electron chi connectivity index (χ2n) is 4.45. The molecule has 1 N–H and O–H groups in total. The lowest BCUT2D eigenvalue weighted by Crippen LogP contribution is -2.42. The van der Waals surface area contributed by atoms with E-state index in [0.717, 1.165) is 18.6 Å². The predicted octanol–water partition coefficient (Wildman–Crippen LogP) is 2.23. The van der Waals surface area contributed by atoms with Gasteiger partial charge in [-0.25, -0.2) is 0 Å². The summed E-state index contributed by atoms with van der Waals surface area (Å²) in [5, 5.41) is 3.02. The number of hydrogen-bond donors (Lipinski definition) is 1. The molecule has 1 heterocycles. The van der Waals surface area contributed by atoms with Crippen LogP contribution >= 0.6 is 0 Å². The molecule has 0 aromatic rings. The van der Waals surface area contributed by atoms with E-state index in [-0.39, 0.29) is 18.1 Å². The molecule has 1 aliphatic heterocycles. The molecule has 1 amide bonds. The minimum Gasteiger partial charge on any atom is -0.481 e. The fourth-order valence-electron chi connectivity index (χ4n) is 1.59. The first kappa shape index (κ1) is 12.1. The zero-order chi connectivity index (χ0) is 11.4. The topological polar surface area (TPSA) is 41.6 Å². The molecule has 1 saturated heterocycles. The third kappa shape index (κ3) is 3.57. The van der Waals surface area contributed by atoms with Gasteiger partial charge in [0.1, 0.15) is 5.76 Å². The molecule has 0 bridgehead atoms. The van der Waals surface area contributed by atoms with E-state index in [1.807, 2.05) is 0 Å². The molecule has 1 rings (SSSR count). The van der Waals surface area contributed by atoms with Crippen LogP contribution in [-0.2, 0) is 9.53 Å². The number of hydrogen-bond acceptors (Lipinski definition) is 2. The molecule has 0 aliphatic carbocycles. The Morgan fingerprint density at radius 1 is 1.60 bits per heavy atom. The van der Waals surface area contributed by atoms with Crippen LogP contribution in [0.5, 0.6) is 0 Å². The van der Waals surface area contributed by atoms with Crippen LogP contribution < -0.4 is 5.32 Å². The Balaban J connectivity index is 2.38. The molecule has 3 heteroatoms. The highest BCUT2D eigenvalue weighted by molar-refractivity contribution is 5.76. The number of epoxide rings is 1. The van der Waals surface area contributed by atoms with Gasteiger partial charge in [0.15, 0.2) is 6.10 Å². The average Bonchev–Trinajstić information content (AvgIpc) is 2.88. The van der Waals surface area contributed by atoms with Crippen molar-refractivity contribution in [2.45, 2.75) is 52.2 Å². The smallest absolute Gasteiger partial charge is 0.220 e. The molecule has 0 aromatic carbocycles. The number of amides is 1. The van der Waals surface area contributed by atoms with Gasteiger partial charge < -0.3 is 10.1 Å². The fraction of sp³-hybridized carbons (Fsp3) is 0.750. The quantitative estimate of drug-likeness (QED) is 0.684. The molecule has 86 valence electrons. The van der Waals surface area contributed by atoms with E-state index in [0.29, 0.717) is 12.3 Å². The number of carbonyl (C=O) groups excluding carboxylic acids is 1. The van der Waals surface area contributed by atoms with Crippen LogP contribution in [0.1, 0.15) is 40.0 Å². The Kier molecular flexibility index (Phi) is 4.18. The third-order valence-corrected chi connectivity index (χ3v) is 2.67. The van der Waals surface area contributed by atoms with Crippen molar-refractivity contribution in [3.05, 3.63) is 12.3 Å². The highest BCUT2D eigenvalue weighted by Gasteiger charge is 2.41. The van der Waals surface area contributed by atoms with Crippen molar-refractivity contribution in [2.75, 3.05) is 0 Å². The Hall–Kier alpha value is -0.990. The molecular formula is C12H21NO2. The molecule has 0 spiro atoms. The third-order valence-electron chi connectivity index (χ3n) is 2.67. The fourth-order valence-corrected chi connectivity index (χ4v) is 1.59. The molecule has 2 unspecified atom stereocenters. The summed E-state index contributed by atoms with van der Waals surface area (Å²) in [5.74, 6) is 1.29. The predicted molar refractivity (Wildman–Crippen MR) is 60.3 cm³/mol. The van der Waals surface area contributed by atoms with Gasteiger partial charge in [0, 0.05) is 6.42 Å². The van der Waals surface area contributed by atoms with Crippen molar-refractivity contribution in [3.63, 3.8) is 0 Å². The van der Waals surface area contributed by atoms with Crippen molar-refractivity contribution >= 4 is 5.91 Å². The lowest BCUT2D eigenvalue weighted by Gasteiger charge is -2.19. The summed E-state index contributed by atoms with van der Waals surface area (Å²) in [5.41, 5.74) is 0. The van der Waals surface area contributed by atoms with Gasteiger partial charge in [-0.05, 0) is 12.3 Å². The number of ether oxygens (including phenoxy) is 1. The van der Waals surface area contributed by atoms with Crippen molar-refractivity contribution in [3.8, 4) is 0 Å². The monoisotopic (exact) mass is 211 g/mol. The summed E-state index contributed by atoms with van der Waals surface area (Å²) in [7, 11) is 0. The zero-order valence-electron chi connectivity index (χ0n) is 9.88. The van der Waals surface area contributed by atoms with E-state index in [9.17, 15) is 4.79 Å². The lowest BCUT2D eigenvalue weighted by molar-refractivity contribution is -0.122. The van der Waals surface area contributed by atoms with Crippen LogP contribution in [0.2, 0.25) is 0 Å². The summed E-state index contributed by atoms with van der Waals surface area (Å²) in [6.45, 7) is 10.00. The van der Waals surface area contributed by atoms with Crippen LogP contribution in [0, 0.1) is 5.92 Å². The number of nitrogens with one attached hydrogen (secondary N) is 1. The molecule has 15 heavy (non-hydrogen) atoms. The van der Waals surface area contributed by atoms with Crippen molar-refractivity contribution in [2.24, 2.45) is 5.92 Å². The Morgan fingerprint density at radius 3 is 2.60 bits per heavy atom. The van der Waals surface area contributed by atoms with E-state index < -0.39 is 0 Å². The average molecular weight is 211 g/mol. The molecule has 0 radical (unpaired) electrons. The van der Waals surface area contributed by atoms with E-state index >= 15 is 0 Å². The standard InChI is InChI=1S/C12H21NO2/c1-5-6-7-10(14)13-11(8(2)3)12-9(4)15-12/h8,11-12H,4-7H2,1-3H3,(H,13,14). The van der Waals surface area contributed by atoms with Gasteiger partial charge in [-0.1, -0.05) is 33.8 Å². The maximum Gasteiger partial charge on any atom is 0.220 e. The lowest BCUT2D eigenvalue weighted by atomic mass is 10.0. The minimum atomic E-state index is 0.0376.